The molecule has 2 heterocycles. The van der Waals surface area contributed by atoms with Crippen molar-refractivity contribution in [3.63, 3.8) is 0 Å². The van der Waals surface area contributed by atoms with Gasteiger partial charge >= 0.3 is 0 Å². The number of fused-ring (bicyclic) bond motifs is 1. The summed E-state index contributed by atoms with van der Waals surface area (Å²) in [4.78, 5) is 2.71. The van der Waals surface area contributed by atoms with E-state index in [1.807, 2.05) is 36.6 Å². The number of hydrogen-bond acceptors (Lipinski definition) is 3. The van der Waals surface area contributed by atoms with Gasteiger partial charge in [-0.2, -0.15) is 0 Å². The zero-order valence-electron chi connectivity index (χ0n) is 11.1. The van der Waals surface area contributed by atoms with Crippen molar-refractivity contribution in [3.8, 4) is 0 Å². The molecule has 0 spiro atoms. The molecule has 1 N–H and O–H groups in total. The molecule has 3 heteroatoms. The Balaban J connectivity index is 2.01. The molecule has 0 saturated heterocycles. The van der Waals surface area contributed by atoms with Crippen LogP contribution in [0.4, 0.5) is 0 Å². The Morgan fingerprint density at radius 2 is 2.05 bits per heavy atom. The molecule has 1 atom stereocenters. The predicted molar refractivity (Wildman–Crippen MR) is 80.8 cm³/mol. The van der Waals surface area contributed by atoms with Crippen molar-refractivity contribution in [2.75, 3.05) is 7.05 Å². The van der Waals surface area contributed by atoms with Gasteiger partial charge < -0.3 is 9.73 Å². The van der Waals surface area contributed by atoms with Crippen LogP contribution in [0.1, 0.15) is 28.5 Å². The fraction of sp³-hybridized carbons (Fsp3) is 0.250. The van der Waals surface area contributed by atoms with Crippen molar-refractivity contribution < 1.29 is 4.42 Å². The van der Waals surface area contributed by atoms with Crippen LogP contribution in [0.5, 0.6) is 0 Å². The van der Waals surface area contributed by atoms with Crippen molar-refractivity contribution in [1.29, 1.82) is 0 Å². The Morgan fingerprint density at radius 3 is 2.74 bits per heavy atom. The summed E-state index contributed by atoms with van der Waals surface area (Å²) in [5, 5.41) is 4.51. The van der Waals surface area contributed by atoms with Crippen LogP contribution in [-0.2, 0) is 6.42 Å². The lowest BCUT2D eigenvalue weighted by atomic mass is 10.1. The lowest BCUT2D eigenvalue weighted by Crippen LogP contribution is -2.15. The predicted octanol–water partition coefficient (Wildman–Crippen LogP) is 4.37. The normalized spacial score (nSPS) is 12.9. The fourth-order valence-corrected chi connectivity index (χ4v) is 3.38. The summed E-state index contributed by atoms with van der Waals surface area (Å²) in [7, 11) is 1.98. The van der Waals surface area contributed by atoms with Crippen LogP contribution in [0.2, 0.25) is 0 Å². The van der Waals surface area contributed by atoms with Crippen molar-refractivity contribution in [3.05, 3.63) is 58.0 Å². The van der Waals surface area contributed by atoms with Crippen LogP contribution in [0, 0.1) is 0 Å². The summed E-state index contributed by atoms with van der Waals surface area (Å²) in [5.74, 6) is 0.980. The van der Waals surface area contributed by atoms with Gasteiger partial charge in [-0.15, -0.1) is 11.3 Å². The van der Waals surface area contributed by atoms with Gasteiger partial charge in [-0.05, 0) is 37.7 Å². The maximum atomic E-state index is 5.96. The number of aryl methyl sites for hydroxylation is 1. The molecule has 1 aromatic carbocycles. The number of rotatable bonds is 4. The van der Waals surface area contributed by atoms with Gasteiger partial charge in [-0.25, -0.2) is 0 Å². The van der Waals surface area contributed by atoms with Crippen molar-refractivity contribution >= 4 is 22.3 Å². The molecule has 0 fully saturated rings. The second-order valence-electron chi connectivity index (χ2n) is 4.57. The highest BCUT2D eigenvalue weighted by atomic mass is 32.1. The first kappa shape index (κ1) is 12.5. The van der Waals surface area contributed by atoms with Gasteiger partial charge in [0, 0.05) is 15.1 Å². The molecule has 1 unspecified atom stereocenters. The molecule has 0 saturated carbocycles. The molecule has 2 aromatic heterocycles. The van der Waals surface area contributed by atoms with E-state index in [9.17, 15) is 0 Å². The molecule has 19 heavy (non-hydrogen) atoms. The molecule has 3 rings (SSSR count). The largest absolute Gasteiger partial charge is 0.459 e. The number of para-hydroxylation sites is 1. The molecule has 0 amide bonds. The van der Waals surface area contributed by atoms with E-state index in [0.717, 1.165) is 23.2 Å². The first-order valence-electron chi connectivity index (χ1n) is 6.56. The molecule has 0 radical (unpaired) electrons. The van der Waals surface area contributed by atoms with Crippen molar-refractivity contribution in [1.82, 2.24) is 5.32 Å². The minimum atomic E-state index is 0.137. The van der Waals surface area contributed by atoms with Crippen LogP contribution in [-0.4, -0.2) is 7.05 Å². The van der Waals surface area contributed by atoms with E-state index in [4.69, 9.17) is 4.42 Å². The minimum absolute atomic E-state index is 0.137. The molecule has 0 aliphatic carbocycles. The van der Waals surface area contributed by atoms with Gasteiger partial charge in [0.15, 0.2) is 0 Å². The van der Waals surface area contributed by atoms with Crippen LogP contribution in [0.3, 0.4) is 0 Å². The SMILES string of the molecule is CCc1ccc(C(NC)c2cc3ccccc3o2)s1. The zero-order valence-corrected chi connectivity index (χ0v) is 12.0. The monoisotopic (exact) mass is 271 g/mol. The Labute approximate surface area is 117 Å². The van der Waals surface area contributed by atoms with Gasteiger partial charge in [0.2, 0.25) is 0 Å². The zero-order chi connectivity index (χ0) is 13.2. The van der Waals surface area contributed by atoms with Crippen LogP contribution in [0.15, 0.2) is 46.9 Å². The number of nitrogens with one attached hydrogen (secondary N) is 1. The van der Waals surface area contributed by atoms with E-state index in [2.05, 4.69) is 36.5 Å². The Bertz CT molecular complexity index is 650. The lowest BCUT2D eigenvalue weighted by molar-refractivity contribution is 0.495. The standard InChI is InChI=1S/C16H17NOS/c1-3-12-8-9-15(19-12)16(17-2)14-10-11-6-4-5-7-13(11)18-14/h4-10,16-17H,3H2,1-2H3. The van der Waals surface area contributed by atoms with E-state index < -0.39 is 0 Å². The van der Waals surface area contributed by atoms with Gasteiger partial charge in [-0.3, -0.25) is 0 Å². The summed E-state index contributed by atoms with van der Waals surface area (Å²) in [6, 6.07) is 14.8. The van der Waals surface area contributed by atoms with E-state index >= 15 is 0 Å². The number of benzene rings is 1. The molecule has 98 valence electrons. The maximum Gasteiger partial charge on any atom is 0.134 e. The topological polar surface area (TPSA) is 25.2 Å². The molecule has 3 aromatic rings. The van der Waals surface area contributed by atoms with Gasteiger partial charge in [0.1, 0.15) is 17.4 Å². The average Bonchev–Trinajstić information content (AvgIpc) is 3.05. The molecular formula is C16H17NOS. The summed E-state index contributed by atoms with van der Waals surface area (Å²) in [6.07, 6.45) is 1.08. The van der Waals surface area contributed by atoms with Gasteiger partial charge in [-0.1, -0.05) is 25.1 Å². The molecular weight excluding hydrogens is 254 g/mol. The quantitative estimate of drug-likeness (QED) is 0.762. The second-order valence-corrected chi connectivity index (χ2v) is 5.77. The van der Waals surface area contributed by atoms with Crippen molar-refractivity contribution in [2.45, 2.75) is 19.4 Å². The maximum absolute atomic E-state index is 5.96. The van der Waals surface area contributed by atoms with E-state index in [1.54, 1.807) is 0 Å². The summed E-state index contributed by atoms with van der Waals surface area (Å²) in [5.41, 5.74) is 0.949. The van der Waals surface area contributed by atoms with Crippen LogP contribution >= 0.6 is 11.3 Å². The smallest absolute Gasteiger partial charge is 0.134 e. The number of furan rings is 1. The summed E-state index contributed by atoms with van der Waals surface area (Å²) >= 11 is 1.85. The molecule has 0 aliphatic rings. The first-order chi connectivity index (χ1) is 9.31. The Hall–Kier alpha value is -1.58. The van der Waals surface area contributed by atoms with Crippen LogP contribution < -0.4 is 5.32 Å². The highest BCUT2D eigenvalue weighted by Crippen LogP contribution is 2.31. The van der Waals surface area contributed by atoms with Gasteiger partial charge in [0.25, 0.3) is 0 Å². The highest BCUT2D eigenvalue weighted by molar-refractivity contribution is 7.12. The average molecular weight is 271 g/mol. The van der Waals surface area contributed by atoms with Crippen LogP contribution in [0.25, 0.3) is 11.0 Å². The number of hydrogen-bond donors (Lipinski definition) is 1. The van der Waals surface area contributed by atoms with Crippen molar-refractivity contribution in [2.24, 2.45) is 0 Å². The molecule has 0 bridgehead atoms. The third-order valence-electron chi connectivity index (χ3n) is 3.33. The molecule has 2 nitrogen and oxygen atoms in total. The summed E-state index contributed by atoms with van der Waals surface area (Å²) < 4.78 is 5.96. The fourth-order valence-electron chi connectivity index (χ4n) is 2.31. The second kappa shape index (κ2) is 5.19. The Morgan fingerprint density at radius 1 is 1.21 bits per heavy atom. The summed E-state index contributed by atoms with van der Waals surface area (Å²) in [6.45, 7) is 2.19. The third-order valence-corrected chi connectivity index (χ3v) is 4.63. The Kier molecular flexibility index (Phi) is 3.40. The van der Waals surface area contributed by atoms with E-state index in [1.165, 1.54) is 9.75 Å². The molecule has 0 aliphatic heterocycles. The first-order valence-corrected chi connectivity index (χ1v) is 7.38. The van der Waals surface area contributed by atoms with Gasteiger partial charge in [0.05, 0.1) is 0 Å². The van der Waals surface area contributed by atoms with E-state index in [0.29, 0.717) is 0 Å². The third kappa shape index (κ3) is 2.31. The number of thiophene rings is 1. The minimum Gasteiger partial charge on any atom is -0.459 e. The van der Waals surface area contributed by atoms with E-state index in [-0.39, 0.29) is 6.04 Å². The highest BCUT2D eigenvalue weighted by Gasteiger charge is 2.18. The lowest BCUT2D eigenvalue weighted by Gasteiger charge is -2.11.